The lowest BCUT2D eigenvalue weighted by Crippen LogP contribution is -2.41. The molecule has 0 aromatic heterocycles. The topological polar surface area (TPSA) is 49.3 Å². The van der Waals surface area contributed by atoms with Crippen LogP contribution in [0.2, 0.25) is 0 Å². The number of allylic oxidation sites excluding steroid dienone is 2. The number of carboxylic acid groups (broad SMARTS) is 1. The smallest absolute Gasteiger partial charge is 0.326 e. The first-order chi connectivity index (χ1) is 8.65. The molecule has 1 aliphatic heterocycles. The van der Waals surface area contributed by atoms with E-state index in [9.17, 15) is 9.90 Å². The second-order valence-electron chi connectivity index (χ2n) is 4.77. The molecule has 0 saturated heterocycles. The van der Waals surface area contributed by atoms with Crippen LogP contribution >= 0.6 is 0 Å². The van der Waals surface area contributed by atoms with E-state index in [0.29, 0.717) is 0 Å². The predicted octanol–water partition coefficient (Wildman–Crippen LogP) is 3.25. The quantitative estimate of drug-likeness (QED) is 0.804. The summed E-state index contributed by atoms with van der Waals surface area (Å²) in [6.07, 6.45) is 5.22. The third kappa shape index (κ3) is 2.26. The number of carbonyl (C=O) groups is 1. The van der Waals surface area contributed by atoms with Gasteiger partial charge >= 0.3 is 5.97 Å². The summed E-state index contributed by atoms with van der Waals surface area (Å²) in [5, 5.41) is 12.4. The van der Waals surface area contributed by atoms with Crippen LogP contribution in [-0.4, -0.2) is 17.1 Å². The normalized spacial score (nSPS) is 26.7. The molecule has 96 valence electrons. The van der Waals surface area contributed by atoms with Crippen LogP contribution in [0.5, 0.6) is 0 Å². The van der Waals surface area contributed by atoms with E-state index in [4.69, 9.17) is 0 Å². The van der Waals surface area contributed by atoms with Crippen LogP contribution in [0.25, 0.3) is 0 Å². The van der Waals surface area contributed by atoms with Gasteiger partial charge in [-0.1, -0.05) is 44.2 Å². The Morgan fingerprint density at radius 2 is 2.17 bits per heavy atom. The number of carboxylic acids is 1. The van der Waals surface area contributed by atoms with Gasteiger partial charge in [-0.3, -0.25) is 0 Å². The van der Waals surface area contributed by atoms with Gasteiger partial charge in [0.1, 0.15) is 6.04 Å². The summed E-state index contributed by atoms with van der Waals surface area (Å²) in [6.45, 7) is 4.08. The third-order valence-electron chi connectivity index (χ3n) is 3.57. The van der Waals surface area contributed by atoms with Crippen molar-refractivity contribution < 1.29 is 9.90 Å². The highest BCUT2D eigenvalue weighted by molar-refractivity contribution is 5.80. The van der Waals surface area contributed by atoms with Crippen molar-refractivity contribution in [3.05, 3.63) is 42.0 Å². The van der Waals surface area contributed by atoms with Gasteiger partial charge in [-0.2, -0.15) is 0 Å². The van der Waals surface area contributed by atoms with E-state index in [1.54, 1.807) is 0 Å². The van der Waals surface area contributed by atoms with E-state index in [2.05, 4.69) is 30.5 Å². The van der Waals surface area contributed by atoms with Crippen LogP contribution in [0.4, 0.5) is 5.69 Å². The van der Waals surface area contributed by atoms with Crippen molar-refractivity contribution in [3.63, 3.8) is 0 Å². The van der Waals surface area contributed by atoms with Gasteiger partial charge in [0.2, 0.25) is 0 Å². The molecule has 2 N–H and O–H groups in total. The Labute approximate surface area is 108 Å². The Morgan fingerprint density at radius 3 is 2.83 bits per heavy atom. The number of nitrogens with one attached hydrogen (secondary N) is 1. The molecular formula is C15H19NO2. The lowest BCUT2D eigenvalue weighted by Gasteiger charge is -2.35. The van der Waals surface area contributed by atoms with Crippen LogP contribution in [0, 0.1) is 5.92 Å². The zero-order valence-electron chi connectivity index (χ0n) is 10.8. The van der Waals surface area contributed by atoms with Crippen LogP contribution in [0.3, 0.4) is 0 Å². The summed E-state index contributed by atoms with van der Waals surface area (Å²) in [6, 6.07) is 7.43. The van der Waals surface area contributed by atoms with Crippen LogP contribution in [0.1, 0.15) is 31.7 Å². The standard InChI is InChI=1S/C15H19NO2/c1-3-4-7-11-10(2)14(15(17)18)16-13-9-6-5-8-12(11)13/h4-11,14,16H,3H2,1-2H3,(H,17,18)/b7-4-. The van der Waals surface area contributed by atoms with Crippen LogP contribution in [-0.2, 0) is 4.79 Å². The molecule has 0 spiro atoms. The predicted molar refractivity (Wildman–Crippen MR) is 72.8 cm³/mol. The fourth-order valence-electron chi connectivity index (χ4n) is 2.56. The Balaban J connectivity index is 2.42. The molecule has 0 amide bonds. The minimum Gasteiger partial charge on any atom is -0.480 e. The molecule has 0 radical (unpaired) electrons. The monoisotopic (exact) mass is 245 g/mol. The lowest BCUT2D eigenvalue weighted by atomic mass is 9.78. The highest BCUT2D eigenvalue weighted by Crippen LogP contribution is 2.39. The van der Waals surface area contributed by atoms with Crippen molar-refractivity contribution in [2.45, 2.75) is 32.2 Å². The number of aliphatic carboxylic acids is 1. The Hall–Kier alpha value is -1.77. The molecule has 3 unspecified atom stereocenters. The second-order valence-corrected chi connectivity index (χ2v) is 4.77. The van der Waals surface area contributed by atoms with Gasteiger partial charge < -0.3 is 10.4 Å². The number of hydrogen-bond donors (Lipinski definition) is 2. The van der Waals surface area contributed by atoms with Gasteiger partial charge in [-0.15, -0.1) is 0 Å². The SMILES string of the molecule is CC/C=C\C1c2ccccc2NC(C(=O)O)C1C. The first-order valence-electron chi connectivity index (χ1n) is 6.40. The molecule has 18 heavy (non-hydrogen) atoms. The van der Waals surface area contributed by atoms with Gasteiger partial charge in [0.25, 0.3) is 0 Å². The van der Waals surface area contributed by atoms with Crippen LogP contribution in [0.15, 0.2) is 36.4 Å². The molecule has 1 aromatic carbocycles. The maximum absolute atomic E-state index is 11.3. The summed E-state index contributed by atoms with van der Waals surface area (Å²) < 4.78 is 0. The number of fused-ring (bicyclic) bond motifs is 1. The zero-order chi connectivity index (χ0) is 13.1. The van der Waals surface area contributed by atoms with Gasteiger partial charge in [0.05, 0.1) is 0 Å². The fourth-order valence-corrected chi connectivity index (χ4v) is 2.56. The van der Waals surface area contributed by atoms with Crippen molar-refractivity contribution in [2.24, 2.45) is 5.92 Å². The van der Waals surface area contributed by atoms with E-state index in [-0.39, 0.29) is 11.8 Å². The fraction of sp³-hybridized carbons (Fsp3) is 0.400. The molecular weight excluding hydrogens is 226 g/mol. The van der Waals surface area contributed by atoms with E-state index in [1.165, 1.54) is 5.56 Å². The van der Waals surface area contributed by atoms with Gasteiger partial charge in [0.15, 0.2) is 0 Å². The largest absolute Gasteiger partial charge is 0.480 e. The first kappa shape index (κ1) is 12.7. The Morgan fingerprint density at radius 1 is 1.44 bits per heavy atom. The minimum atomic E-state index is -0.785. The van der Waals surface area contributed by atoms with Crippen molar-refractivity contribution in [2.75, 3.05) is 5.32 Å². The number of benzene rings is 1. The number of para-hydroxylation sites is 1. The Bertz CT molecular complexity index is 467. The minimum absolute atomic E-state index is 0.0419. The summed E-state index contributed by atoms with van der Waals surface area (Å²) >= 11 is 0. The van der Waals surface area contributed by atoms with Crippen LogP contribution < -0.4 is 5.32 Å². The number of rotatable bonds is 3. The molecule has 0 aliphatic carbocycles. The summed E-state index contributed by atoms with van der Waals surface area (Å²) in [5.41, 5.74) is 2.13. The van der Waals surface area contributed by atoms with Gasteiger partial charge in [0, 0.05) is 11.6 Å². The van der Waals surface area contributed by atoms with Gasteiger partial charge in [-0.05, 0) is 24.0 Å². The maximum Gasteiger partial charge on any atom is 0.326 e. The van der Waals surface area contributed by atoms with Gasteiger partial charge in [-0.25, -0.2) is 4.79 Å². The summed E-state index contributed by atoms with van der Waals surface area (Å²) in [4.78, 5) is 11.3. The highest BCUT2D eigenvalue weighted by atomic mass is 16.4. The second kappa shape index (κ2) is 5.25. The number of anilines is 1. The molecule has 3 atom stereocenters. The van der Waals surface area contributed by atoms with E-state index in [0.717, 1.165) is 12.1 Å². The molecule has 0 fully saturated rings. The summed E-state index contributed by atoms with van der Waals surface area (Å²) in [5.74, 6) is -0.574. The van der Waals surface area contributed by atoms with E-state index >= 15 is 0 Å². The molecule has 0 bridgehead atoms. The third-order valence-corrected chi connectivity index (χ3v) is 3.57. The molecule has 3 nitrogen and oxygen atoms in total. The van der Waals surface area contributed by atoms with Crippen molar-refractivity contribution in [1.29, 1.82) is 0 Å². The van der Waals surface area contributed by atoms with Crippen molar-refractivity contribution in [1.82, 2.24) is 0 Å². The van der Waals surface area contributed by atoms with Crippen molar-refractivity contribution >= 4 is 11.7 Å². The van der Waals surface area contributed by atoms with Crippen molar-refractivity contribution in [3.8, 4) is 0 Å². The molecule has 3 heteroatoms. The van der Waals surface area contributed by atoms with E-state index < -0.39 is 12.0 Å². The maximum atomic E-state index is 11.3. The first-order valence-corrected chi connectivity index (χ1v) is 6.40. The molecule has 1 heterocycles. The Kier molecular flexibility index (Phi) is 3.70. The highest BCUT2D eigenvalue weighted by Gasteiger charge is 2.35. The average Bonchev–Trinajstić information content (AvgIpc) is 2.37. The number of hydrogen-bond acceptors (Lipinski definition) is 2. The lowest BCUT2D eigenvalue weighted by molar-refractivity contribution is -0.139. The molecule has 1 aromatic rings. The molecule has 2 rings (SSSR count). The van der Waals surface area contributed by atoms with E-state index in [1.807, 2.05) is 25.1 Å². The molecule has 0 saturated carbocycles. The summed E-state index contributed by atoms with van der Waals surface area (Å²) in [7, 11) is 0. The molecule has 1 aliphatic rings. The average molecular weight is 245 g/mol. The zero-order valence-corrected chi connectivity index (χ0v) is 10.8.